The molecule has 1 unspecified atom stereocenters. The third-order valence-electron chi connectivity index (χ3n) is 17.0. The summed E-state index contributed by atoms with van der Waals surface area (Å²) in [7, 11) is 0. The van der Waals surface area contributed by atoms with Gasteiger partial charge < -0.3 is 18.9 Å². The van der Waals surface area contributed by atoms with Gasteiger partial charge in [0.05, 0.1) is 26.4 Å². The minimum Gasteiger partial charge on any atom is -0.490 e. The molecule has 81 heavy (non-hydrogen) atoms. The molecule has 9 heteroatoms. The lowest BCUT2D eigenvalue weighted by Gasteiger charge is -2.27. The predicted octanol–water partition coefficient (Wildman–Crippen LogP) is 25.2. The number of alkyl halides is 3. The van der Waals surface area contributed by atoms with Crippen LogP contribution in [0.15, 0.2) is 6.07 Å². The average Bonchev–Trinajstić information content (AvgIpc) is 3.61. The van der Waals surface area contributed by atoms with Crippen LogP contribution in [0.2, 0.25) is 0 Å². The van der Waals surface area contributed by atoms with Crippen LogP contribution in [0.4, 0.5) is 13.2 Å². The molecule has 0 heterocycles. The summed E-state index contributed by atoms with van der Waals surface area (Å²) in [6, 6.07) is -0.683. The van der Waals surface area contributed by atoms with Crippen LogP contribution in [0.5, 0.6) is 23.0 Å². The van der Waals surface area contributed by atoms with E-state index < -0.39 is 12.2 Å². The van der Waals surface area contributed by atoms with E-state index in [4.69, 9.17) is 24.8 Å². The Kier molecular flexibility index (Phi) is 57.0. The summed E-state index contributed by atoms with van der Waals surface area (Å²) >= 11 is 0. The second-order valence-corrected chi connectivity index (χ2v) is 24.9. The van der Waals surface area contributed by atoms with Crippen molar-refractivity contribution in [1.29, 1.82) is 0 Å². The molecule has 6 nitrogen and oxygen atoms in total. The van der Waals surface area contributed by atoms with E-state index in [2.05, 4.69) is 33.1 Å². The molecule has 1 rings (SSSR count). The number of hydrogen-bond acceptors (Lipinski definition) is 6. The topological polar surface area (TPSA) is 75.0 Å². The number of nitrogens with one attached hydrogen (secondary N) is 1. The summed E-state index contributed by atoms with van der Waals surface area (Å²) < 4.78 is 71.6. The van der Waals surface area contributed by atoms with Gasteiger partial charge in [-0.05, 0) is 31.7 Å². The molecule has 0 bridgehead atoms. The number of nitrogens with two attached hydrogens (primary N) is 1. The molecule has 0 fully saturated rings. The minimum absolute atomic E-state index is 0.0788. The molecule has 0 saturated heterocycles. The maximum absolute atomic E-state index is 15.1. The summed E-state index contributed by atoms with van der Waals surface area (Å²) in [5.41, 5.74) is 2.01. The van der Waals surface area contributed by atoms with Gasteiger partial charge in [0.2, 0.25) is 11.5 Å². The molecular formula is C72H137F3N2O4. The van der Waals surface area contributed by atoms with Crippen molar-refractivity contribution in [3.8, 4) is 23.0 Å². The second kappa shape index (κ2) is 59.8. The summed E-state index contributed by atoms with van der Waals surface area (Å²) in [6.07, 6.45) is 65.1. The van der Waals surface area contributed by atoms with Gasteiger partial charge in [-0.1, -0.05) is 362 Å². The first kappa shape index (κ1) is 77.1. The fraction of sp³-hybridized carbons (Fsp3) is 0.917. The van der Waals surface area contributed by atoms with Gasteiger partial charge in [-0.25, -0.2) is 5.43 Å². The van der Waals surface area contributed by atoms with Crippen LogP contribution in [0.3, 0.4) is 0 Å². The molecule has 0 amide bonds. The van der Waals surface area contributed by atoms with E-state index in [1.807, 2.05) is 0 Å². The Hall–Kier alpha value is -1.87. The summed E-state index contributed by atoms with van der Waals surface area (Å²) in [5, 5.41) is 0. The van der Waals surface area contributed by atoms with Crippen molar-refractivity contribution in [1.82, 2.24) is 5.43 Å². The van der Waals surface area contributed by atoms with E-state index in [1.165, 1.54) is 289 Å². The van der Waals surface area contributed by atoms with E-state index in [9.17, 15) is 0 Å². The number of unbranched alkanes of at least 4 members (excludes halogenated alkanes) is 52. The zero-order valence-corrected chi connectivity index (χ0v) is 54.4. The molecule has 0 radical (unpaired) electrons. The lowest BCUT2D eigenvalue weighted by Crippen LogP contribution is -2.38. The van der Waals surface area contributed by atoms with Crippen LogP contribution in [0, 0.1) is 0 Å². The Balaban J connectivity index is 3.16. The molecule has 0 spiro atoms. The van der Waals surface area contributed by atoms with E-state index in [0.717, 1.165) is 77.0 Å². The number of rotatable bonds is 66. The monoisotopic (exact) mass is 1150 g/mol. The average molecular weight is 1150 g/mol. The van der Waals surface area contributed by atoms with Crippen molar-refractivity contribution in [3.63, 3.8) is 0 Å². The highest BCUT2D eigenvalue weighted by molar-refractivity contribution is 5.64. The SMILES string of the molecule is CCCCCCCCCCCCCCCCOc1cc(C(NN)C(F)(F)F)c(OCCCCCCCCCCCCCCCC)c(OCCCCCCCCCCCCCCCC)c1OCCCCCCCCCCCCCCCC. The minimum atomic E-state index is -4.68. The summed E-state index contributed by atoms with van der Waals surface area (Å²) in [6.45, 7) is 10.6. The molecule has 1 aromatic carbocycles. The van der Waals surface area contributed by atoms with Gasteiger partial charge in [0.25, 0.3) is 0 Å². The van der Waals surface area contributed by atoms with Crippen molar-refractivity contribution in [2.45, 2.75) is 399 Å². The van der Waals surface area contributed by atoms with E-state index in [-0.39, 0.29) is 29.4 Å². The van der Waals surface area contributed by atoms with Crippen molar-refractivity contribution in [2.75, 3.05) is 26.4 Å². The molecule has 3 N–H and O–H groups in total. The normalized spacial score (nSPS) is 12.2. The van der Waals surface area contributed by atoms with Gasteiger partial charge in [-0.3, -0.25) is 5.84 Å². The van der Waals surface area contributed by atoms with Gasteiger partial charge in [0.15, 0.2) is 11.5 Å². The molecule has 1 aromatic rings. The van der Waals surface area contributed by atoms with Gasteiger partial charge in [0.1, 0.15) is 6.04 Å². The predicted molar refractivity (Wildman–Crippen MR) is 346 cm³/mol. The van der Waals surface area contributed by atoms with Gasteiger partial charge in [-0.2, -0.15) is 13.2 Å². The van der Waals surface area contributed by atoms with Crippen LogP contribution in [0.25, 0.3) is 0 Å². The molecule has 1 atom stereocenters. The molecule has 0 aromatic heterocycles. The van der Waals surface area contributed by atoms with Crippen LogP contribution in [-0.4, -0.2) is 32.6 Å². The van der Waals surface area contributed by atoms with Crippen molar-refractivity contribution >= 4 is 0 Å². The molecule has 0 aliphatic heterocycles. The third-order valence-corrected chi connectivity index (χ3v) is 17.0. The Morgan fingerprint density at radius 2 is 0.494 bits per heavy atom. The molecule has 480 valence electrons. The van der Waals surface area contributed by atoms with Crippen molar-refractivity contribution in [2.24, 2.45) is 5.84 Å². The number of ether oxygens (including phenoxy) is 4. The Morgan fingerprint density at radius 1 is 0.296 bits per heavy atom. The maximum Gasteiger partial charge on any atom is 0.409 e. The van der Waals surface area contributed by atoms with Gasteiger partial charge in [-0.15, -0.1) is 0 Å². The van der Waals surface area contributed by atoms with E-state index in [0.29, 0.717) is 25.6 Å². The number of benzene rings is 1. The maximum atomic E-state index is 15.1. The lowest BCUT2D eigenvalue weighted by molar-refractivity contribution is -0.158. The van der Waals surface area contributed by atoms with Crippen LogP contribution in [0.1, 0.15) is 399 Å². The summed E-state index contributed by atoms with van der Waals surface area (Å²) in [4.78, 5) is 0. The first-order valence-corrected chi connectivity index (χ1v) is 36.1. The van der Waals surface area contributed by atoms with Crippen molar-refractivity contribution in [3.05, 3.63) is 11.6 Å². The quantitative estimate of drug-likeness (QED) is 0.0385. The number of hydrogen-bond donors (Lipinski definition) is 2. The second-order valence-electron chi connectivity index (χ2n) is 24.9. The van der Waals surface area contributed by atoms with E-state index in [1.54, 1.807) is 0 Å². The van der Waals surface area contributed by atoms with Crippen molar-refractivity contribution < 1.29 is 32.1 Å². The summed E-state index contributed by atoms with van der Waals surface area (Å²) in [5.74, 6) is 6.79. The third kappa shape index (κ3) is 47.0. The van der Waals surface area contributed by atoms with Crippen LogP contribution < -0.4 is 30.2 Å². The highest BCUT2D eigenvalue weighted by atomic mass is 19.4. The number of hydrazine groups is 1. The largest absolute Gasteiger partial charge is 0.490 e. The highest BCUT2D eigenvalue weighted by Crippen LogP contribution is 2.51. The Labute approximate surface area is 501 Å². The van der Waals surface area contributed by atoms with Gasteiger partial charge in [0, 0.05) is 5.56 Å². The fourth-order valence-corrected chi connectivity index (χ4v) is 11.6. The molecule has 0 aliphatic carbocycles. The van der Waals surface area contributed by atoms with Crippen LogP contribution >= 0.6 is 0 Å². The van der Waals surface area contributed by atoms with Crippen LogP contribution in [-0.2, 0) is 0 Å². The molecular weight excluding hydrogens is 1010 g/mol. The zero-order chi connectivity index (χ0) is 58.6. The molecule has 0 saturated carbocycles. The standard InChI is InChI=1S/C72H137F3N2O4/c1-5-9-13-17-21-25-29-33-37-41-45-49-53-57-61-78-67-65-66(71(77-76)72(73,74)75)68(79-62-58-54-50-46-42-38-34-30-26-22-18-14-10-6-2)70(81-64-60-56-52-48-44-40-36-32-28-24-20-16-12-8-4)69(67)80-63-59-55-51-47-43-39-35-31-27-23-19-15-11-7-3/h65,71,77H,5-64,76H2,1-4H3. The lowest BCUT2D eigenvalue weighted by atomic mass is 10.0. The fourth-order valence-electron chi connectivity index (χ4n) is 11.6. The smallest absolute Gasteiger partial charge is 0.409 e. The Bertz CT molecular complexity index is 1430. The Morgan fingerprint density at radius 3 is 0.716 bits per heavy atom. The first-order valence-electron chi connectivity index (χ1n) is 36.1. The number of halogens is 3. The first-order chi connectivity index (χ1) is 39.8. The van der Waals surface area contributed by atoms with E-state index >= 15 is 13.2 Å². The molecule has 0 aliphatic rings. The zero-order valence-electron chi connectivity index (χ0n) is 54.4. The van der Waals surface area contributed by atoms with Gasteiger partial charge >= 0.3 is 6.18 Å². The highest BCUT2D eigenvalue weighted by Gasteiger charge is 2.44.